The van der Waals surface area contributed by atoms with E-state index in [1.165, 1.54) is 0 Å². The fourth-order valence-corrected chi connectivity index (χ4v) is 3.33. The number of carbonyl (C=O) groups excluding carboxylic acids is 1. The molecule has 3 rings (SSSR count). The molecule has 0 spiro atoms. The topological polar surface area (TPSA) is 44.8 Å². The fraction of sp³-hybridized carbons (Fsp3) is 0.316. The van der Waals surface area contributed by atoms with Crippen molar-refractivity contribution in [3.05, 3.63) is 53.1 Å². The molecule has 1 atom stereocenters. The summed E-state index contributed by atoms with van der Waals surface area (Å²) in [5.74, 6) is 1.93. The quantitative estimate of drug-likeness (QED) is 0.865. The van der Waals surface area contributed by atoms with Crippen molar-refractivity contribution in [1.29, 1.82) is 0 Å². The van der Waals surface area contributed by atoms with E-state index in [1.807, 2.05) is 30.3 Å². The highest BCUT2D eigenvalue weighted by molar-refractivity contribution is 6.06. The van der Waals surface area contributed by atoms with Gasteiger partial charge in [0, 0.05) is 11.1 Å². The lowest BCUT2D eigenvalue weighted by atomic mass is 9.78. The van der Waals surface area contributed by atoms with Crippen molar-refractivity contribution in [3.8, 4) is 17.2 Å². The minimum absolute atomic E-state index is 0.0616. The molecule has 0 aliphatic heterocycles. The monoisotopic (exact) mass is 312 g/mol. The Bertz CT molecular complexity index is 736. The van der Waals surface area contributed by atoms with Gasteiger partial charge < -0.3 is 14.2 Å². The average Bonchev–Trinajstić information content (AvgIpc) is 2.61. The maximum absolute atomic E-state index is 13.1. The third kappa shape index (κ3) is 2.54. The van der Waals surface area contributed by atoms with Crippen molar-refractivity contribution < 1.29 is 19.0 Å². The van der Waals surface area contributed by atoms with E-state index in [0.717, 1.165) is 35.5 Å². The molecule has 120 valence electrons. The molecule has 0 fully saturated rings. The van der Waals surface area contributed by atoms with E-state index in [2.05, 4.69) is 0 Å². The summed E-state index contributed by atoms with van der Waals surface area (Å²) in [6.45, 7) is 0. The van der Waals surface area contributed by atoms with Crippen molar-refractivity contribution in [1.82, 2.24) is 0 Å². The Hall–Kier alpha value is -2.49. The van der Waals surface area contributed by atoms with Gasteiger partial charge in [0.05, 0.1) is 32.8 Å². The number of benzene rings is 2. The summed E-state index contributed by atoms with van der Waals surface area (Å²) >= 11 is 0. The maximum atomic E-state index is 13.1. The van der Waals surface area contributed by atoms with Crippen LogP contribution in [-0.2, 0) is 6.42 Å². The molecule has 0 heterocycles. The van der Waals surface area contributed by atoms with Crippen LogP contribution in [0, 0.1) is 0 Å². The third-order valence-corrected chi connectivity index (χ3v) is 4.43. The molecular weight excluding hydrogens is 292 g/mol. The van der Waals surface area contributed by atoms with Gasteiger partial charge in [0.15, 0.2) is 5.78 Å². The molecule has 2 aromatic carbocycles. The van der Waals surface area contributed by atoms with Gasteiger partial charge in [-0.2, -0.15) is 0 Å². The van der Waals surface area contributed by atoms with E-state index < -0.39 is 0 Å². The van der Waals surface area contributed by atoms with Gasteiger partial charge in [-0.15, -0.1) is 0 Å². The minimum Gasteiger partial charge on any atom is -0.496 e. The molecule has 0 N–H and O–H groups in total. The summed E-state index contributed by atoms with van der Waals surface area (Å²) < 4.78 is 16.3. The third-order valence-electron chi connectivity index (χ3n) is 4.43. The van der Waals surface area contributed by atoms with Gasteiger partial charge in [-0.05, 0) is 31.0 Å². The van der Waals surface area contributed by atoms with Crippen LogP contribution < -0.4 is 14.2 Å². The largest absolute Gasteiger partial charge is 0.496 e. The summed E-state index contributed by atoms with van der Waals surface area (Å²) in [7, 11) is 4.84. The Morgan fingerprint density at radius 2 is 1.52 bits per heavy atom. The number of methoxy groups -OCH3 is 3. The zero-order valence-corrected chi connectivity index (χ0v) is 13.6. The normalized spacial score (nSPS) is 16.7. The van der Waals surface area contributed by atoms with Crippen molar-refractivity contribution in [2.24, 2.45) is 0 Å². The minimum atomic E-state index is -0.223. The Labute approximate surface area is 136 Å². The van der Waals surface area contributed by atoms with Crippen LogP contribution in [0.25, 0.3) is 0 Å². The summed E-state index contributed by atoms with van der Waals surface area (Å²) in [6, 6.07) is 11.3. The highest BCUT2D eigenvalue weighted by Crippen LogP contribution is 2.42. The van der Waals surface area contributed by atoms with Gasteiger partial charge in [0.1, 0.15) is 17.2 Å². The van der Waals surface area contributed by atoms with E-state index in [0.29, 0.717) is 11.3 Å². The first-order chi connectivity index (χ1) is 11.2. The Morgan fingerprint density at radius 3 is 2.22 bits per heavy atom. The molecule has 1 unspecified atom stereocenters. The zero-order chi connectivity index (χ0) is 16.4. The average molecular weight is 312 g/mol. The Morgan fingerprint density at radius 1 is 0.870 bits per heavy atom. The standard InChI is InChI=1S/C19H20O4/c1-21-15-7-5-4-6-12(15)13-8-9-14-16(22-2)10-11-17(23-3)18(14)19(13)20/h4-7,10-11,13H,8-9H2,1-3H3. The van der Waals surface area contributed by atoms with Crippen molar-refractivity contribution in [2.75, 3.05) is 21.3 Å². The summed E-state index contributed by atoms with van der Waals surface area (Å²) in [5, 5.41) is 0. The van der Waals surface area contributed by atoms with Crippen molar-refractivity contribution in [3.63, 3.8) is 0 Å². The number of rotatable bonds is 4. The van der Waals surface area contributed by atoms with Crippen LogP contribution in [-0.4, -0.2) is 27.1 Å². The molecule has 1 aliphatic carbocycles. The lowest BCUT2D eigenvalue weighted by Crippen LogP contribution is -2.23. The number of hydrogen-bond acceptors (Lipinski definition) is 4. The number of ether oxygens (including phenoxy) is 3. The maximum Gasteiger partial charge on any atom is 0.174 e. The van der Waals surface area contributed by atoms with Crippen LogP contribution in [0.1, 0.15) is 33.8 Å². The lowest BCUT2D eigenvalue weighted by Gasteiger charge is -2.27. The number of Topliss-reactive ketones (excluding diaryl/α,β-unsaturated/α-hetero) is 1. The number of ketones is 1. The number of fused-ring (bicyclic) bond motifs is 1. The SMILES string of the molecule is COc1ccccc1C1CCc2c(OC)ccc(OC)c2C1=O. The van der Waals surface area contributed by atoms with Crippen LogP contribution in [0.15, 0.2) is 36.4 Å². The van der Waals surface area contributed by atoms with Gasteiger partial charge in [-0.3, -0.25) is 4.79 Å². The van der Waals surface area contributed by atoms with Crippen LogP contribution in [0.2, 0.25) is 0 Å². The highest BCUT2D eigenvalue weighted by atomic mass is 16.5. The predicted octanol–water partition coefficient (Wildman–Crippen LogP) is 3.63. The Kier molecular flexibility index (Phi) is 4.24. The molecule has 0 bridgehead atoms. The van der Waals surface area contributed by atoms with Gasteiger partial charge >= 0.3 is 0 Å². The predicted molar refractivity (Wildman–Crippen MR) is 87.9 cm³/mol. The Balaban J connectivity index is 2.10. The first-order valence-electron chi connectivity index (χ1n) is 7.62. The highest BCUT2D eigenvalue weighted by Gasteiger charge is 2.34. The molecule has 0 saturated heterocycles. The molecule has 2 aromatic rings. The molecule has 0 saturated carbocycles. The molecule has 23 heavy (non-hydrogen) atoms. The zero-order valence-electron chi connectivity index (χ0n) is 13.6. The van der Waals surface area contributed by atoms with Gasteiger partial charge in [-0.1, -0.05) is 18.2 Å². The second-order valence-corrected chi connectivity index (χ2v) is 5.52. The van der Waals surface area contributed by atoms with E-state index in [4.69, 9.17) is 14.2 Å². The number of carbonyl (C=O) groups is 1. The second kappa shape index (κ2) is 6.32. The summed E-state index contributed by atoms with van der Waals surface area (Å²) in [5.41, 5.74) is 2.49. The smallest absolute Gasteiger partial charge is 0.174 e. The van der Waals surface area contributed by atoms with Crippen molar-refractivity contribution >= 4 is 5.78 Å². The molecule has 0 radical (unpaired) electrons. The molecule has 1 aliphatic rings. The lowest BCUT2D eigenvalue weighted by molar-refractivity contribution is 0.0940. The van der Waals surface area contributed by atoms with Gasteiger partial charge in [0.25, 0.3) is 0 Å². The van der Waals surface area contributed by atoms with E-state index in [-0.39, 0.29) is 11.7 Å². The summed E-state index contributed by atoms with van der Waals surface area (Å²) in [4.78, 5) is 13.1. The van der Waals surface area contributed by atoms with Crippen LogP contribution >= 0.6 is 0 Å². The van der Waals surface area contributed by atoms with Crippen LogP contribution in [0.5, 0.6) is 17.2 Å². The summed E-state index contributed by atoms with van der Waals surface area (Å²) in [6.07, 6.45) is 1.50. The van der Waals surface area contributed by atoms with E-state index >= 15 is 0 Å². The molecule has 4 heteroatoms. The van der Waals surface area contributed by atoms with Gasteiger partial charge in [-0.25, -0.2) is 0 Å². The fourth-order valence-electron chi connectivity index (χ4n) is 3.33. The first-order valence-corrected chi connectivity index (χ1v) is 7.62. The first kappa shape index (κ1) is 15.4. The van der Waals surface area contributed by atoms with Gasteiger partial charge in [0.2, 0.25) is 0 Å². The number of hydrogen-bond donors (Lipinski definition) is 0. The molecular formula is C19H20O4. The molecule has 4 nitrogen and oxygen atoms in total. The second-order valence-electron chi connectivity index (χ2n) is 5.52. The number of para-hydroxylation sites is 1. The van der Waals surface area contributed by atoms with Crippen LogP contribution in [0.3, 0.4) is 0 Å². The van der Waals surface area contributed by atoms with E-state index in [9.17, 15) is 4.79 Å². The van der Waals surface area contributed by atoms with Crippen LogP contribution in [0.4, 0.5) is 0 Å². The molecule has 0 aromatic heterocycles. The molecule has 0 amide bonds. The van der Waals surface area contributed by atoms with Crippen molar-refractivity contribution in [2.45, 2.75) is 18.8 Å². The van der Waals surface area contributed by atoms with E-state index in [1.54, 1.807) is 27.4 Å².